The van der Waals surface area contributed by atoms with E-state index in [1.807, 2.05) is 25.1 Å². The molecule has 8 heteroatoms. The molecule has 1 amide bonds. The summed E-state index contributed by atoms with van der Waals surface area (Å²) < 4.78 is 11.3. The molecule has 0 radical (unpaired) electrons. The number of benzene rings is 1. The van der Waals surface area contributed by atoms with Gasteiger partial charge in [0.25, 0.3) is 0 Å². The molecule has 1 fully saturated rings. The summed E-state index contributed by atoms with van der Waals surface area (Å²) in [6, 6.07) is 7.30. The van der Waals surface area contributed by atoms with Crippen LogP contribution in [0, 0.1) is 5.41 Å². The largest absolute Gasteiger partial charge is 0.492 e. The number of amides is 1. The van der Waals surface area contributed by atoms with E-state index in [1.54, 1.807) is 6.07 Å². The van der Waals surface area contributed by atoms with Gasteiger partial charge in [0.1, 0.15) is 12.4 Å². The smallest absolute Gasteiger partial charge is 0.221 e. The average molecular weight is 393 g/mol. The molecule has 1 aliphatic heterocycles. The molecule has 2 rings (SSSR count). The molecule has 156 valence electrons. The van der Waals surface area contributed by atoms with Crippen molar-refractivity contribution in [2.75, 3.05) is 51.4 Å². The fraction of sp³-hybridized carbons (Fsp3) is 0.600. The number of aliphatic hydroxyl groups excluding tert-OH is 1. The molecule has 1 saturated heterocycles. The Morgan fingerprint density at radius 3 is 2.93 bits per heavy atom. The first-order valence-electron chi connectivity index (χ1n) is 9.78. The minimum Gasteiger partial charge on any atom is -0.492 e. The van der Waals surface area contributed by atoms with Gasteiger partial charge >= 0.3 is 0 Å². The Bertz CT molecular complexity index is 645. The van der Waals surface area contributed by atoms with Crippen LogP contribution >= 0.6 is 0 Å². The first-order valence-corrected chi connectivity index (χ1v) is 9.78. The summed E-state index contributed by atoms with van der Waals surface area (Å²) in [4.78, 5) is 15.8. The van der Waals surface area contributed by atoms with Crippen LogP contribution in [0.4, 0.5) is 5.69 Å². The molecule has 1 atom stereocenters. The fourth-order valence-corrected chi connectivity index (χ4v) is 3.08. The van der Waals surface area contributed by atoms with Crippen LogP contribution < -0.4 is 20.7 Å². The van der Waals surface area contributed by atoms with Gasteiger partial charge in [0.05, 0.1) is 19.7 Å². The molecule has 1 aromatic rings. The van der Waals surface area contributed by atoms with Gasteiger partial charge in [-0.2, -0.15) is 0 Å². The van der Waals surface area contributed by atoms with E-state index in [0.717, 1.165) is 25.5 Å². The Balaban J connectivity index is 1.82. The molecule has 1 heterocycles. The van der Waals surface area contributed by atoms with Gasteiger partial charge in [-0.15, -0.1) is 0 Å². The van der Waals surface area contributed by atoms with E-state index in [4.69, 9.17) is 9.47 Å². The lowest BCUT2D eigenvalue weighted by atomic mass is 9.84. The Morgan fingerprint density at radius 2 is 2.25 bits per heavy atom. The van der Waals surface area contributed by atoms with Gasteiger partial charge in [-0.25, -0.2) is 0 Å². The summed E-state index contributed by atoms with van der Waals surface area (Å²) in [5.74, 6) is 1.30. The number of carbonyl (C=O) groups is 1. The maximum Gasteiger partial charge on any atom is 0.221 e. The van der Waals surface area contributed by atoms with E-state index < -0.39 is 0 Å². The molecule has 0 bridgehead atoms. The number of aliphatic hydroxyl groups is 1. The van der Waals surface area contributed by atoms with Crippen LogP contribution in [0.2, 0.25) is 0 Å². The second-order valence-corrected chi connectivity index (χ2v) is 6.96. The summed E-state index contributed by atoms with van der Waals surface area (Å²) in [7, 11) is 0. The van der Waals surface area contributed by atoms with Crippen molar-refractivity contribution >= 4 is 17.6 Å². The maximum atomic E-state index is 11.1. The number of carbonyl (C=O) groups excluding carboxylic acids is 1. The van der Waals surface area contributed by atoms with Crippen molar-refractivity contribution in [3.8, 4) is 5.75 Å². The average Bonchev–Trinajstić information content (AvgIpc) is 3.12. The van der Waals surface area contributed by atoms with Crippen molar-refractivity contribution in [1.82, 2.24) is 10.6 Å². The van der Waals surface area contributed by atoms with Gasteiger partial charge in [-0.3, -0.25) is 9.79 Å². The highest BCUT2D eigenvalue weighted by atomic mass is 16.5. The molecule has 1 unspecified atom stereocenters. The van der Waals surface area contributed by atoms with Crippen LogP contribution in [-0.2, 0) is 9.53 Å². The van der Waals surface area contributed by atoms with Crippen LogP contribution in [-0.4, -0.2) is 63.0 Å². The highest BCUT2D eigenvalue weighted by Crippen LogP contribution is 2.32. The summed E-state index contributed by atoms with van der Waals surface area (Å²) in [6.07, 6.45) is 1.62. The molecular weight excluding hydrogens is 360 g/mol. The fourth-order valence-electron chi connectivity index (χ4n) is 3.08. The zero-order valence-corrected chi connectivity index (χ0v) is 16.8. The third-order valence-corrected chi connectivity index (χ3v) is 4.56. The van der Waals surface area contributed by atoms with Crippen LogP contribution in [0.5, 0.6) is 5.75 Å². The minimum atomic E-state index is -0.114. The lowest BCUT2D eigenvalue weighted by Crippen LogP contribution is -2.40. The van der Waals surface area contributed by atoms with Gasteiger partial charge < -0.3 is 30.5 Å². The predicted molar refractivity (Wildman–Crippen MR) is 110 cm³/mol. The quantitative estimate of drug-likeness (QED) is 0.272. The number of rotatable bonds is 10. The van der Waals surface area contributed by atoms with Crippen molar-refractivity contribution in [3.63, 3.8) is 0 Å². The number of ether oxygens (including phenoxy) is 2. The molecule has 4 N–H and O–H groups in total. The summed E-state index contributed by atoms with van der Waals surface area (Å²) in [5, 5.41) is 18.6. The number of hydrogen-bond donors (Lipinski definition) is 4. The second kappa shape index (κ2) is 11.5. The monoisotopic (exact) mass is 392 g/mol. The SMILES string of the molecule is CCNC(=NCC1(CCO)CCOC1)NCCOc1cccc(NC(C)=O)c1. The van der Waals surface area contributed by atoms with Gasteiger partial charge in [0.2, 0.25) is 5.91 Å². The van der Waals surface area contributed by atoms with Crippen LogP contribution in [0.3, 0.4) is 0 Å². The molecule has 1 aromatic carbocycles. The van der Waals surface area contributed by atoms with Crippen molar-refractivity contribution in [1.29, 1.82) is 0 Å². The first-order chi connectivity index (χ1) is 13.6. The molecule has 28 heavy (non-hydrogen) atoms. The standard InChI is InChI=1S/C20H32N4O4/c1-3-21-19(23-14-20(7-10-25)8-11-27-15-20)22-9-12-28-18-6-4-5-17(13-18)24-16(2)26/h4-6,13,25H,3,7-12,14-15H2,1-2H3,(H,24,26)(H2,21,22,23). The van der Waals surface area contributed by atoms with Gasteiger partial charge in [0.15, 0.2) is 5.96 Å². The van der Waals surface area contributed by atoms with Gasteiger partial charge in [-0.1, -0.05) is 6.07 Å². The van der Waals surface area contributed by atoms with Gasteiger partial charge in [-0.05, 0) is 31.9 Å². The summed E-state index contributed by atoms with van der Waals surface area (Å²) >= 11 is 0. The summed E-state index contributed by atoms with van der Waals surface area (Å²) in [6.45, 7) is 7.42. The molecule has 0 spiro atoms. The Kier molecular flexibility index (Phi) is 9.03. The lowest BCUT2D eigenvalue weighted by molar-refractivity contribution is -0.114. The van der Waals surface area contributed by atoms with Crippen LogP contribution in [0.1, 0.15) is 26.7 Å². The third-order valence-electron chi connectivity index (χ3n) is 4.56. The predicted octanol–water partition coefficient (Wildman–Crippen LogP) is 1.37. The van der Waals surface area contributed by atoms with E-state index in [2.05, 4.69) is 20.9 Å². The Hall–Kier alpha value is -2.32. The first kappa shape index (κ1) is 22.0. The number of guanidine groups is 1. The minimum absolute atomic E-state index is 0.0717. The van der Waals surface area contributed by atoms with Crippen molar-refractivity contribution in [2.45, 2.75) is 26.7 Å². The normalized spacial score (nSPS) is 19.3. The number of anilines is 1. The topological polar surface area (TPSA) is 104 Å². The van der Waals surface area contributed by atoms with Gasteiger partial charge in [0, 0.05) is 43.9 Å². The molecule has 0 aromatic heterocycles. The third kappa shape index (κ3) is 7.36. The van der Waals surface area contributed by atoms with Crippen molar-refractivity contribution in [2.24, 2.45) is 10.4 Å². The van der Waals surface area contributed by atoms with E-state index in [0.29, 0.717) is 44.2 Å². The van der Waals surface area contributed by atoms with E-state index in [-0.39, 0.29) is 17.9 Å². The maximum absolute atomic E-state index is 11.1. The molecule has 0 aliphatic carbocycles. The van der Waals surface area contributed by atoms with Crippen LogP contribution in [0.25, 0.3) is 0 Å². The molecule has 8 nitrogen and oxygen atoms in total. The summed E-state index contributed by atoms with van der Waals surface area (Å²) in [5.41, 5.74) is 0.637. The van der Waals surface area contributed by atoms with Crippen LogP contribution in [0.15, 0.2) is 29.3 Å². The van der Waals surface area contributed by atoms with Crippen molar-refractivity contribution < 1.29 is 19.4 Å². The zero-order chi connectivity index (χ0) is 20.2. The number of hydrogen-bond acceptors (Lipinski definition) is 5. The van der Waals surface area contributed by atoms with Crippen molar-refractivity contribution in [3.05, 3.63) is 24.3 Å². The Labute approximate surface area is 166 Å². The number of nitrogens with zero attached hydrogens (tertiary/aromatic N) is 1. The van der Waals surface area contributed by atoms with E-state index in [1.165, 1.54) is 6.92 Å². The highest BCUT2D eigenvalue weighted by molar-refractivity contribution is 5.88. The number of nitrogens with one attached hydrogen (secondary N) is 3. The number of aliphatic imine (C=N–C) groups is 1. The molecular formula is C20H32N4O4. The van der Waals surface area contributed by atoms with E-state index in [9.17, 15) is 9.90 Å². The Morgan fingerprint density at radius 1 is 1.39 bits per heavy atom. The second-order valence-electron chi connectivity index (χ2n) is 6.96. The van der Waals surface area contributed by atoms with E-state index >= 15 is 0 Å². The lowest BCUT2D eigenvalue weighted by Gasteiger charge is -2.24. The zero-order valence-electron chi connectivity index (χ0n) is 16.8. The molecule has 0 saturated carbocycles. The highest BCUT2D eigenvalue weighted by Gasteiger charge is 2.34. The molecule has 1 aliphatic rings.